The summed E-state index contributed by atoms with van der Waals surface area (Å²) in [6.45, 7) is 0. The molecular formula is C3H5N2P. The molecule has 0 fully saturated rings. The summed E-state index contributed by atoms with van der Waals surface area (Å²) in [6, 6.07) is 0. The molecule has 0 saturated heterocycles. The van der Waals surface area contributed by atoms with Gasteiger partial charge in [0.2, 0.25) is 0 Å². The molecule has 1 heterocycles. The average molecular weight is 100 g/mol. The molecule has 1 aromatic heterocycles. The number of hydrogen-bond acceptors (Lipinski definition) is 1. The molecule has 0 saturated carbocycles. The standard InChI is InChI=1S/C3H5N2P/c6-5-2-1-4-3-5/h1-3H,6H2. The van der Waals surface area contributed by atoms with E-state index in [1.54, 1.807) is 16.9 Å². The van der Waals surface area contributed by atoms with Gasteiger partial charge in [-0.05, 0) is 9.39 Å². The predicted molar refractivity (Wildman–Crippen MR) is 27.3 cm³/mol. The molecule has 1 unspecified atom stereocenters. The Morgan fingerprint density at radius 3 is 2.67 bits per heavy atom. The molecule has 0 N–H and O–H groups in total. The molecule has 0 radical (unpaired) electrons. The van der Waals surface area contributed by atoms with E-state index in [2.05, 4.69) is 14.4 Å². The van der Waals surface area contributed by atoms with Gasteiger partial charge in [0.15, 0.2) is 0 Å². The molecule has 1 atom stereocenters. The topological polar surface area (TPSA) is 17.8 Å². The van der Waals surface area contributed by atoms with Crippen molar-refractivity contribution in [2.24, 2.45) is 0 Å². The molecule has 0 amide bonds. The van der Waals surface area contributed by atoms with E-state index in [0.717, 1.165) is 0 Å². The van der Waals surface area contributed by atoms with E-state index < -0.39 is 0 Å². The van der Waals surface area contributed by atoms with Crippen LogP contribution in [-0.4, -0.2) is 9.32 Å². The van der Waals surface area contributed by atoms with Crippen molar-refractivity contribution >= 4 is 9.39 Å². The molecule has 1 aromatic rings. The third-order valence-electron chi connectivity index (χ3n) is 0.525. The zero-order valence-electron chi connectivity index (χ0n) is 3.20. The highest BCUT2D eigenvalue weighted by Crippen LogP contribution is 1.87. The van der Waals surface area contributed by atoms with E-state index in [1.165, 1.54) is 0 Å². The minimum Gasteiger partial charge on any atom is -0.322 e. The van der Waals surface area contributed by atoms with E-state index in [1.807, 2.05) is 6.20 Å². The van der Waals surface area contributed by atoms with E-state index in [-0.39, 0.29) is 0 Å². The molecule has 3 heteroatoms. The summed E-state index contributed by atoms with van der Waals surface area (Å²) < 4.78 is 1.81. The van der Waals surface area contributed by atoms with Crippen molar-refractivity contribution in [2.45, 2.75) is 0 Å². The van der Waals surface area contributed by atoms with Crippen LogP contribution in [0.25, 0.3) is 0 Å². The number of rotatable bonds is 0. The van der Waals surface area contributed by atoms with Crippen molar-refractivity contribution in [3.8, 4) is 0 Å². The quantitative estimate of drug-likeness (QED) is 0.434. The van der Waals surface area contributed by atoms with Crippen LogP contribution < -0.4 is 0 Å². The minimum atomic E-state index is 1.71. The Hall–Kier alpha value is -0.360. The molecule has 0 spiro atoms. The van der Waals surface area contributed by atoms with Crippen molar-refractivity contribution in [3.63, 3.8) is 0 Å². The lowest BCUT2D eigenvalue weighted by Gasteiger charge is -1.76. The third-order valence-corrected chi connectivity index (χ3v) is 0.830. The van der Waals surface area contributed by atoms with Gasteiger partial charge in [-0.1, -0.05) is 0 Å². The Kier molecular flexibility index (Phi) is 0.887. The van der Waals surface area contributed by atoms with Gasteiger partial charge >= 0.3 is 0 Å². The van der Waals surface area contributed by atoms with Crippen molar-refractivity contribution in [1.29, 1.82) is 0 Å². The maximum atomic E-state index is 3.76. The van der Waals surface area contributed by atoms with Crippen LogP contribution in [0.1, 0.15) is 0 Å². The number of hydrogen-bond donors (Lipinski definition) is 0. The van der Waals surface area contributed by atoms with Gasteiger partial charge in [0, 0.05) is 12.4 Å². The summed E-state index contributed by atoms with van der Waals surface area (Å²) in [5.74, 6) is 0. The van der Waals surface area contributed by atoms with E-state index in [0.29, 0.717) is 0 Å². The van der Waals surface area contributed by atoms with Gasteiger partial charge in [0.05, 0.1) is 6.33 Å². The lowest BCUT2D eigenvalue weighted by molar-refractivity contribution is 1.24. The van der Waals surface area contributed by atoms with Crippen molar-refractivity contribution in [3.05, 3.63) is 18.7 Å². The van der Waals surface area contributed by atoms with Gasteiger partial charge in [-0.2, -0.15) is 0 Å². The van der Waals surface area contributed by atoms with Crippen LogP contribution in [0.4, 0.5) is 0 Å². The third kappa shape index (κ3) is 0.575. The van der Waals surface area contributed by atoms with E-state index in [4.69, 9.17) is 0 Å². The maximum absolute atomic E-state index is 3.76. The van der Waals surface area contributed by atoms with Crippen molar-refractivity contribution in [2.75, 3.05) is 0 Å². The highest BCUT2D eigenvalue weighted by atomic mass is 31.0. The molecule has 0 aliphatic heterocycles. The first-order valence-electron chi connectivity index (χ1n) is 1.62. The Balaban J connectivity index is 3.05. The van der Waals surface area contributed by atoms with Gasteiger partial charge in [-0.15, -0.1) is 0 Å². The Bertz CT molecular complexity index is 112. The fourth-order valence-electron chi connectivity index (χ4n) is 0.269. The fourth-order valence-corrected chi connectivity index (χ4v) is 0.423. The molecule has 0 aromatic carbocycles. The summed E-state index contributed by atoms with van der Waals surface area (Å²) >= 11 is 0. The summed E-state index contributed by atoms with van der Waals surface area (Å²) in [5.41, 5.74) is 0. The monoisotopic (exact) mass is 100 g/mol. The van der Waals surface area contributed by atoms with E-state index >= 15 is 0 Å². The normalized spacial score (nSPS) is 8.83. The van der Waals surface area contributed by atoms with Crippen LogP contribution in [0.2, 0.25) is 0 Å². The lowest BCUT2D eigenvalue weighted by Crippen LogP contribution is -1.63. The fraction of sp³-hybridized carbons (Fsp3) is 0. The van der Waals surface area contributed by atoms with Crippen LogP contribution >= 0.6 is 9.39 Å². The van der Waals surface area contributed by atoms with Crippen LogP contribution in [0, 0.1) is 0 Å². The molecule has 0 aliphatic rings. The highest BCUT2D eigenvalue weighted by molar-refractivity contribution is 7.14. The summed E-state index contributed by atoms with van der Waals surface area (Å²) in [6.07, 6.45) is 5.29. The molecule has 1 rings (SSSR count). The smallest absolute Gasteiger partial charge is 0.0974 e. The number of imidazole rings is 1. The second kappa shape index (κ2) is 1.39. The summed E-state index contributed by atoms with van der Waals surface area (Å²) in [5, 5.41) is 0. The number of nitrogens with zero attached hydrogens (tertiary/aromatic N) is 2. The molecule has 0 aliphatic carbocycles. The van der Waals surface area contributed by atoms with Crippen LogP contribution in [0.3, 0.4) is 0 Å². The minimum absolute atomic E-state index is 1.71. The van der Waals surface area contributed by atoms with Crippen LogP contribution in [0.5, 0.6) is 0 Å². The van der Waals surface area contributed by atoms with E-state index in [9.17, 15) is 0 Å². The van der Waals surface area contributed by atoms with Crippen LogP contribution in [0.15, 0.2) is 18.7 Å². The maximum Gasteiger partial charge on any atom is 0.0974 e. The second-order valence-corrected chi connectivity index (χ2v) is 1.61. The first-order valence-corrected chi connectivity index (χ1v) is 2.14. The molecule has 2 nitrogen and oxygen atoms in total. The Morgan fingerprint density at radius 1 is 1.67 bits per heavy atom. The van der Waals surface area contributed by atoms with Gasteiger partial charge in [0.1, 0.15) is 0 Å². The largest absolute Gasteiger partial charge is 0.322 e. The Morgan fingerprint density at radius 2 is 2.50 bits per heavy atom. The Labute approximate surface area is 38.5 Å². The first-order chi connectivity index (χ1) is 2.89. The summed E-state index contributed by atoms with van der Waals surface area (Å²) in [4.78, 5) is 3.76. The highest BCUT2D eigenvalue weighted by Gasteiger charge is 1.69. The van der Waals surface area contributed by atoms with Gasteiger partial charge < -0.3 is 4.34 Å². The van der Waals surface area contributed by atoms with Gasteiger partial charge in [-0.25, -0.2) is 4.98 Å². The molecule has 0 bridgehead atoms. The van der Waals surface area contributed by atoms with Gasteiger partial charge in [0.25, 0.3) is 0 Å². The average Bonchev–Trinajstić information content (AvgIpc) is 1.86. The zero-order chi connectivity index (χ0) is 4.41. The molecular weight excluding hydrogens is 95.0 g/mol. The predicted octanol–water partition coefficient (Wildman–Crippen LogP) is 0.521. The van der Waals surface area contributed by atoms with Crippen LogP contribution in [-0.2, 0) is 0 Å². The summed E-state index contributed by atoms with van der Waals surface area (Å²) in [7, 11) is 2.47. The molecule has 32 valence electrons. The zero-order valence-corrected chi connectivity index (χ0v) is 4.36. The van der Waals surface area contributed by atoms with Crippen molar-refractivity contribution < 1.29 is 0 Å². The first kappa shape index (κ1) is 3.82. The van der Waals surface area contributed by atoms with Gasteiger partial charge in [-0.3, -0.25) is 0 Å². The molecule has 6 heavy (non-hydrogen) atoms. The van der Waals surface area contributed by atoms with Crippen molar-refractivity contribution in [1.82, 2.24) is 9.32 Å². The lowest BCUT2D eigenvalue weighted by atomic mass is 11.0. The SMILES string of the molecule is Pn1ccnc1. The second-order valence-electron chi connectivity index (χ2n) is 1.01. The number of aromatic nitrogens is 2.